The maximum Gasteiger partial charge on any atom is 0.335 e. The van der Waals surface area contributed by atoms with Gasteiger partial charge in [0.25, 0.3) is 0 Å². The minimum atomic E-state index is -0.935. The molecule has 0 bridgehead atoms. The Kier molecular flexibility index (Phi) is 7.16. The van der Waals surface area contributed by atoms with Crippen LogP contribution in [-0.2, 0) is 6.54 Å². The van der Waals surface area contributed by atoms with Crippen molar-refractivity contribution in [2.24, 2.45) is 0 Å². The second-order valence-corrected chi connectivity index (χ2v) is 6.28. The number of hydrogen-bond acceptors (Lipinski definition) is 4. The third kappa shape index (κ3) is 5.05. The van der Waals surface area contributed by atoms with Gasteiger partial charge in [0.1, 0.15) is 0 Å². The largest absolute Gasteiger partial charge is 0.490 e. The zero-order valence-electron chi connectivity index (χ0n) is 15.3. The first-order chi connectivity index (χ1) is 12.5. The number of aromatic carboxylic acids is 1. The Morgan fingerprint density at radius 3 is 2.58 bits per heavy atom. The smallest absolute Gasteiger partial charge is 0.335 e. The molecule has 2 aromatic carbocycles. The highest BCUT2D eigenvalue weighted by molar-refractivity contribution is 6.32. The molecule has 0 fully saturated rings. The first-order valence-electron chi connectivity index (χ1n) is 8.62. The second kappa shape index (κ2) is 9.34. The van der Waals surface area contributed by atoms with E-state index in [-0.39, 0.29) is 5.56 Å². The topological polar surface area (TPSA) is 67.8 Å². The van der Waals surface area contributed by atoms with Gasteiger partial charge in [-0.1, -0.05) is 18.5 Å². The van der Waals surface area contributed by atoms with Crippen molar-refractivity contribution in [2.75, 3.05) is 18.5 Å². The highest BCUT2D eigenvalue weighted by Crippen LogP contribution is 2.37. The Balaban J connectivity index is 2.17. The molecular formula is C20H24ClNO4. The lowest BCUT2D eigenvalue weighted by Crippen LogP contribution is -2.05. The highest BCUT2D eigenvalue weighted by Gasteiger charge is 2.13. The summed E-state index contributed by atoms with van der Waals surface area (Å²) in [6, 6.07) is 8.75. The molecule has 0 aliphatic rings. The van der Waals surface area contributed by atoms with Crippen LogP contribution in [0.5, 0.6) is 11.5 Å². The number of halogens is 1. The number of ether oxygens (including phenoxy) is 2. The number of anilines is 1. The molecule has 2 aromatic rings. The van der Waals surface area contributed by atoms with Crippen LogP contribution in [0.2, 0.25) is 5.02 Å². The normalized spacial score (nSPS) is 10.5. The summed E-state index contributed by atoms with van der Waals surface area (Å²) >= 11 is 6.38. The van der Waals surface area contributed by atoms with Crippen LogP contribution in [-0.4, -0.2) is 24.3 Å². The Labute approximate surface area is 158 Å². The Bertz CT molecular complexity index is 777. The first-order valence-corrected chi connectivity index (χ1v) is 8.99. The number of carboxylic acids is 1. The summed E-state index contributed by atoms with van der Waals surface area (Å²) in [6.07, 6.45) is 0.886. The van der Waals surface area contributed by atoms with E-state index in [1.54, 1.807) is 18.2 Å². The monoisotopic (exact) mass is 377 g/mol. The van der Waals surface area contributed by atoms with Crippen molar-refractivity contribution in [1.29, 1.82) is 0 Å². The van der Waals surface area contributed by atoms with E-state index >= 15 is 0 Å². The van der Waals surface area contributed by atoms with Crippen molar-refractivity contribution in [3.8, 4) is 11.5 Å². The van der Waals surface area contributed by atoms with E-state index in [1.165, 1.54) is 0 Å². The van der Waals surface area contributed by atoms with Gasteiger partial charge < -0.3 is 19.9 Å². The van der Waals surface area contributed by atoms with Crippen LogP contribution in [0, 0.1) is 6.92 Å². The van der Waals surface area contributed by atoms with Crippen LogP contribution in [0.1, 0.15) is 41.8 Å². The molecule has 0 aromatic heterocycles. The average Bonchev–Trinajstić information content (AvgIpc) is 2.60. The first kappa shape index (κ1) is 19.9. The van der Waals surface area contributed by atoms with Crippen LogP contribution in [0.25, 0.3) is 0 Å². The Morgan fingerprint density at radius 2 is 1.96 bits per heavy atom. The summed E-state index contributed by atoms with van der Waals surface area (Å²) in [5.41, 5.74) is 2.95. The number of rotatable bonds is 9. The molecule has 0 atom stereocenters. The van der Waals surface area contributed by atoms with Gasteiger partial charge in [-0.3, -0.25) is 0 Å². The molecule has 26 heavy (non-hydrogen) atoms. The standard InChI is InChI=1S/C20H24ClNO4/c1-4-8-26-19-16(21)10-14(11-18(19)25-5-2)12-22-17-7-6-15(20(23)24)9-13(17)3/h6-7,9-11,22H,4-5,8,12H2,1-3H3,(H,23,24). The van der Waals surface area contributed by atoms with Gasteiger partial charge in [0.05, 0.1) is 23.8 Å². The fraction of sp³-hybridized carbons (Fsp3) is 0.350. The van der Waals surface area contributed by atoms with Crippen LogP contribution in [0.3, 0.4) is 0 Å². The molecule has 0 aliphatic carbocycles. The molecule has 5 nitrogen and oxygen atoms in total. The summed E-state index contributed by atoms with van der Waals surface area (Å²) < 4.78 is 11.4. The molecule has 0 unspecified atom stereocenters. The maximum atomic E-state index is 11.0. The summed E-state index contributed by atoms with van der Waals surface area (Å²) in [7, 11) is 0. The molecule has 140 valence electrons. The van der Waals surface area contributed by atoms with Crippen molar-refractivity contribution < 1.29 is 19.4 Å². The van der Waals surface area contributed by atoms with E-state index in [4.69, 9.17) is 26.2 Å². The molecule has 2 N–H and O–H groups in total. The second-order valence-electron chi connectivity index (χ2n) is 5.87. The van der Waals surface area contributed by atoms with Crippen LogP contribution >= 0.6 is 11.6 Å². The van der Waals surface area contributed by atoms with Crippen molar-refractivity contribution >= 4 is 23.3 Å². The van der Waals surface area contributed by atoms with Gasteiger partial charge in [-0.15, -0.1) is 0 Å². The third-order valence-corrected chi connectivity index (χ3v) is 4.06. The number of hydrogen-bond donors (Lipinski definition) is 2. The van der Waals surface area contributed by atoms with Gasteiger partial charge in [-0.2, -0.15) is 0 Å². The summed E-state index contributed by atoms with van der Waals surface area (Å²) in [6.45, 7) is 7.44. The van der Waals surface area contributed by atoms with Crippen LogP contribution < -0.4 is 14.8 Å². The fourth-order valence-corrected chi connectivity index (χ4v) is 2.81. The lowest BCUT2D eigenvalue weighted by molar-refractivity contribution is 0.0697. The van der Waals surface area contributed by atoms with Crippen LogP contribution in [0.4, 0.5) is 5.69 Å². The SMILES string of the molecule is CCCOc1c(Cl)cc(CNc2ccc(C(=O)O)cc2C)cc1OCC. The highest BCUT2D eigenvalue weighted by atomic mass is 35.5. The van der Waals surface area contributed by atoms with E-state index < -0.39 is 5.97 Å². The van der Waals surface area contributed by atoms with E-state index in [0.717, 1.165) is 23.2 Å². The van der Waals surface area contributed by atoms with Gasteiger partial charge in [0.2, 0.25) is 0 Å². The quantitative estimate of drug-likeness (QED) is 0.632. The van der Waals surface area contributed by atoms with E-state index in [9.17, 15) is 4.79 Å². The number of carboxylic acid groups (broad SMARTS) is 1. The minimum Gasteiger partial charge on any atom is -0.490 e. The number of benzene rings is 2. The number of carbonyl (C=O) groups is 1. The Morgan fingerprint density at radius 1 is 1.19 bits per heavy atom. The Hall–Kier alpha value is -2.40. The minimum absolute atomic E-state index is 0.271. The predicted molar refractivity (Wildman–Crippen MR) is 104 cm³/mol. The molecule has 0 aliphatic heterocycles. The van der Waals surface area contributed by atoms with Crippen molar-refractivity contribution in [1.82, 2.24) is 0 Å². The van der Waals surface area contributed by atoms with E-state index in [2.05, 4.69) is 5.32 Å². The maximum absolute atomic E-state index is 11.0. The number of aryl methyl sites for hydroxylation is 1. The summed E-state index contributed by atoms with van der Waals surface area (Å²) in [5, 5.41) is 12.9. The molecule has 0 saturated carbocycles. The molecule has 0 amide bonds. The third-order valence-electron chi connectivity index (χ3n) is 3.78. The zero-order chi connectivity index (χ0) is 19.1. The molecule has 0 spiro atoms. The van der Waals surface area contributed by atoms with Gasteiger partial charge in [0, 0.05) is 12.2 Å². The van der Waals surface area contributed by atoms with Gasteiger partial charge >= 0.3 is 5.97 Å². The van der Waals surface area contributed by atoms with Crippen LogP contribution in [0.15, 0.2) is 30.3 Å². The van der Waals surface area contributed by atoms with Crippen molar-refractivity contribution in [3.05, 3.63) is 52.0 Å². The molecular weight excluding hydrogens is 354 g/mol. The lowest BCUT2D eigenvalue weighted by atomic mass is 10.1. The summed E-state index contributed by atoms with van der Waals surface area (Å²) in [4.78, 5) is 11.0. The molecule has 0 heterocycles. The lowest BCUT2D eigenvalue weighted by Gasteiger charge is -2.16. The molecule has 0 radical (unpaired) electrons. The fourth-order valence-electron chi connectivity index (χ4n) is 2.52. The predicted octanol–water partition coefficient (Wildman–Crippen LogP) is 5.15. The van der Waals surface area contributed by atoms with E-state index in [0.29, 0.717) is 36.3 Å². The zero-order valence-corrected chi connectivity index (χ0v) is 16.0. The molecule has 0 saturated heterocycles. The number of nitrogens with one attached hydrogen (secondary N) is 1. The molecule has 2 rings (SSSR count). The van der Waals surface area contributed by atoms with E-state index in [1.807, 2.05) is 32.9 Å². The van der Waals surface area contributed by atoms with Crippen molar-refractivity contribution in [3.63, 3.8) is 0 Å². The summed E-state index contributed by atoms with van der Waals surface area (Å²) in [5.74, 6) is 0.264. The average molecular weight is 378 g/mol. The van der Waals surface area contributed by atoms with Crippen molar-refractivity contribution in [2.45, 2.75) is 33.7 Å². The van der Waals surface area contributed by atoms with Gasteiger partial charge in [0.15, 0.2) is 11.5 Å². The molecule has 6 heteroatoms. The van der Waals surface area contributed by atoms with Gasteiger partial charge in [-0.05, 0) is 61.7 Å². The van der Waals surface area contributed by atoms with Gasteiger partial charge in [-0.25, -0.2) is 4.79 Å².